The fourth-order valence-corrected chi connectivity index (χ4v) is 3.83. The maximum Gasteiger partial charge on any atom is 0.266 e. The zero-order chi connectivity index (χ0) is 17.0. The Morgan fingerprint density at radius 3 is 2.65 bits per heavy atom. The van der Waals surface area contributed by atoms with Gasteiger partial charge in [0, 0.05) is 4.47 Å². The molecule has 1 heterocycles. The third kappa shape index (κ3) is 4.43. The van der Waals surface area contributed by atoms with Crippen molar-refractivity contribution in [1.29, 1.82) is 0 Å². The van der Waals surface area contributed by atoms with E-state index >= 15 is 0 Å². The molecule has 7 heteroatoms. The number of hydrogen-bond acceptors (Lipinski definition) is 5. The Balaban J connectivity index is 2.24. The number of benzene rings is 1. The maximum atomic E-state index is 12.5. The molecule has 1 fully saturated rings. The average molecular weight is 413 g/mol. The number of carboxylic acids is 1. The summed E-state index contributed by atoms with van der Waals surface area (Å²) in [5, 5.41) is 11.4. The number of thiocarbonyl (C=S) groups is 1. The van der Waals surface area contributed by atoms with Crippen LogP contribution in [0.5, 0.6) is 0 Å². The highest BCUT2D eigenvalue weighted by molar-refractivity contribution is 9.10. The summed E-state index contributed by atoms with van der Waals surface area (Å²) >= 11 is 9.69. The summed E-state index contributed by atoms with van der Waals surface area (Å²) in [5.41, 5.74) is 0.854. The zero-order valence-electron chi connectivity index (χ0n) is 12.5. The number of carboxylic acid groups (broad SMARTS) is 1. The molecule has 1 amide bonds. The number of rotatable bonds is 6. The second-order valence-electron chi connectivity index (χ2n) is 5.08. The minimum absolute atomic E-state index is 0.267. The summed E-state index contributed by atoms with van der Waals surface area (Å²) in [6.07, 6.45) is 3.60. The van der Waals surface area contributed by atoms with Crippen LogP contribution in [0.25, 0.3) is 6.08 Å². The lowest BCUT2D eigenvalue weighted by atomic mass is 10.1. The highest BCUT2D eigenvalue weighted by Gasteiger charge is 2.37. The molecular weight excluding hydrogens is 398 g/mol. The van der Waals surface area contributed by atoms with E-state index in [-0.39, 0.29) is 10.2 Å². The number of aliphatic carboxylic acids is 1. The van der Waals surface area contributed by atoms with Gasteiger partial charge in [-0.05, 0) is 30.2 Å². The van der Waals surface area contributed by atoms with Gasteiger partial charge in [0.1, 0.15) is 4.32 Å². The lowest BCUT2D eigenvalue weighted by molar-refractivity contribution is -0.310. The first-order valence-electron chi connectivity index (χ1n) is 7.17. The predicted octanol–water partition coefficient (Wildman–Crippen LogP) is 2.96. The summed E-state index contributed by atoms with van der Waals surface area (Å²) in [4.78, 5) is 25.5. The molecule has 4 nitrogen and oxygen atoms in total. The fourth-order valence-electron chi connectivity index (χ4n) is 2.21. The van der Waals surface area contributed by atoms with Crippen LogP contribution < -0.4 is 5.11 Å². The van der Waals surface area contributed by atoms with E-state index in [2.05, 4.69) is 15.9 Å². The Morgan fingerprint density at radius 2 is 2.09 bits per heavy atom. The smallest absolute Gasteiger partial charge is 0.266 e. The number of unbranched alkanes of at least 4 members (excludes halogenated alkanes) is 1. The van der Waals surface area contributed by atoms with Crippen molar-refractivity contribution < 1.29 is 14.7 Å². The van der Waals surface area contributed by atoms with Gasteiger partial charge in [-0.3, -0.25) is 9.69 Å². The number of amides is 1. The SMILES string of the molecule is CCCC[C@H](C(=O)[O-])N1C(=O)/C(=C/c2ccc(Br)cc2)SC1=S. The average Bonchev–Trinajstić information content (AvgIpc) is 2.77. The van der Waals surface area contributed by atoms with Crippen molar-refractivity contribution in [2.75, 3.05) is 0 Å². The summed E-state index contributed by atoms with van der Waals surface area (Å²) in [5.74, 6) is -1.63. The number of halogens is 1. The van der Waals surface area contributed by atoms with Gasteiger partial charge in [0.2, 0.25) is 0 Å². The van der Waals surface area contributed by atoms with Crippen LogP contribution >= 0.6 is 39.9 Å². The molecule has 0 radical (unpaired) electrons. The second kappa shape index (κ2) is 8.08. The van der Waals surface area contributed by atoms with Gasteiger partial charge in [-0.1, -0.05) is 71.8 Å². The number of carbonyl (C=O) groups excluding carboxylic acids is 2. The first-order chi connectivity index (χ1) is 10.9. The Bertz CT molecular complexity index is 658. The predicted molar refractivity (Wildman–Crippen MR) is 97.5 cm³/mol. The van der Waals surface area contributed by atoms with E-state index in [0.29, 0.717) is 17.7 Å². The third-order valence-corrected chi connectivity index (χ3v) is 5.27. The van der Waals surface area contributed by atoms with Crippen LogP contribution in [0.2, 0.25) is 0 Å². The molecular formula is C16H15BrNO3S2-. The van der Waals surface area contributed by atoms with Gasteiger partial charge in [-0.2, -0.15) is 0 Å². The second-order valence-corrected chi connectivity index (χ2v) is 7.67. The van der Waals surface area contributed by atoms with E-state index in [4.69, 9.17) is 12.2 Å². The highest BCUT2D eigenvalue weighted by atomic mass is 79.9. The Kier molecular flexibility index (Phi) is 6.38. The number of carbonyl (C=O) groups is 2. The van der Waals surface area contributed by atoms with Crippen LogP contribution in [0.15, 0.2) is 33.6 Å². The third-order valence-electron chi connectivity index (χ3n) is 3.41. The van der Waals surface area contributed by atoms with E-state index < -0.39 is 12.0 Å². The van der Waals surface area contributed by atoms with Gasteiger partial charge in [-0.15, -0.1) is 0 Å². The van der Waals surface area contributed by atoms with Crippen LogP contribution in [-0.2, 0) is 9.59 Å². The van der Waals surface area contributed by atoms with Crippen molar-refractivity contribution in [3.05, 3.63) is 39.2 Å². The first-order valence-corrected chi connectivity index (χ1v) is 9.19. The molecule has 0 aliphatic carbocycles. The van der Waals surface area contributed by atoms with Crippen LogP contribution in [-0.4, -0.2) is 27.1 Å². The van der Waals surface area contributed by atoms with Gasteiger partial charge in [-0.25, -0.2) is 0 Å². The lowest BCUT2D eigenvalue weighted by Crippen LogP contribution is -2.49. The van der Waals surface area contributed by atoms with E-state index in [1.807, 2.05) is 31.2 Å². The molecule has 2 rings (SSSR count). The summed E-state index contributed by atoms with van der Waals surface area (Å²) in [6, 6.07) is 6.47. The molecule has 0 spiro atoms. The molecule has 1 aromatic rings. The lowest BCUT2D eigenvalue weighted by Gasteiger charge is -2.27. The normalized spacial score (nSPS) is 17.8. The van der Waals surface area contributed by atoms with Gasteiger partial charge in [0.25, 0.3) is 5.91 Å². The molecule has 0 bridgehead atoms. The summed E-state index contributed by atoms with van der Waals surface area (Å²) in [6.45, 7) is 1.96. The van der Waals surface area contributed by atoms with Crippen LogP contribution in [0, 0.1) is 0 Å². The van der Waals surface area contributed by atoms with Crippen molar-refractivity contribution in [2.45, 2.75) is 32.2 Å². The van der Waals surface area contributed by atoms with Crippen LogP contribution in [0.4, 0.5) is 0 Å². The van der Waals surface area contributed by atoms with Crippen molar-refractivity contribution >= 4 is 62.2 Å². The molecule has 1 atom stereocenters. The molecule has 1 aromatic carbocycles. The Hall–Kier alpha value is -1.18. The molecule has 0 unspecified atom stereocenters. The van der Waals surface area contributed by atoms with Gasteiger partial charge < -0.3 is 9.90 Å². The van der Waals surface area contributed by atoms with E-state index in [9.17, 15) is 14.7 Å². The topological polar surface area (TPSA) is 60.4 Å². The standard InChI is InChI=1S/C16H16BrNO3S2/c1-2-3-4-12(15(20)21)18-14(19)13(23-16(18)22)9-10-5-7-11(17)8-6-10/h5-9,12H,2-4H2,1H3,(H,20,21)/p-1/b13-9-/t12-/m1/s1. The number of nitrogens with zero attached hydrogens (tertiary/aromatic N) is 1. The molecule has 0 saturated carbocycles. The maximum absolute atomic E-state index is 12.5. The van der Waals surface area contributed by atoms with Crippen molar-refractivity contribution in [3.8, 4) is 0 Å². The molecule has 122 valence electrons. The minimum atomic E-state index is -1.26. The Morgan fingerprint density at radius 1 is 1.43 bits per heavy atom. The highest BCUT2D eigenvalue weighted by Crippen LogP contribution is 2.35. The van der Waals surface area contributed by atoms with Crippen molar-refractivity contribution in [1.82, 2.24) is 4.90 Å². The number of hydrogen-bond donors (Lipinski definition) is 0. The van der Waals surface area contributed by atoms with Crippen LogP contribution in [0.3, 0.4) is 0 Å². The van der Waals surface area contributed by atoms with Gasteiger partial charge >= 0.3 is 0 Å². The minimum Gasteiger partial charge on any atom is -0.548 e. The molecule has 1 saturated heterocycles. The van der Waals surface area contributed by atoms with Crippen LogP contribution in [0.1, 0.15) is 31.7 Å². The van der Waals surface area contributed by atoms with E-state index in [1.165, 1.54) is 4.90 Å². The molecule has 1 aliphatic rings. The molecule has 0 aromatic heterocycles. The fraction of sp³-hybridized carbons (Fsp3) is 0.312. The monoisotopic (exact) mass is 412 g/mol. The quantitative estimate of drug-likeness (QED) is 0.530. The van der Waals surface area contributed by atoms with Gasteiger partial charge in [0.05, 0.1) is 16.9 Å². The van der Waals surface area contributed by atoms with E-state index in [0.717, 1.165) is 28.2 Å². The van der Waals surface area contributed by atoms with E-state index in [1.54, 1.807) is 6.08 Å². The molecule has 0 N–H and O–H groups in total. The van der Waals surface area contributed by atoms with Crippen molar-refractivity contribution in [3.63, 3.8) is 0 Å². The van der Waals surface area contributed by atoms with Crippen molar-refractivity contribution in [2.24, 2.45) is 0 Å². The summed E-state index contributed by atoms with van der Waals surface area (Å²) < 4.78 is 1.21. The zero-order valence-corrected chi connectivity index (χ0v) is 15.7. The Labute approximate surface area is 153 Å². The molecule has 23 heavy (non-hydrogen) atoms. The summed E-state index contributed by atoms with van der Waals surface area (Å²) in [7, 11) is 0. The molecule has 1 aliphatic heterocycles. The number of thioether (sulfide) groups is 1. The first kappa shape index (κ1) is 18.2. The van der Waals surface area contributed by atoms with Gasteiger partial charge in [0.15, 0.2) is 0 Å². The largest absolute Gasteiger partial charge is 0.548 e.